The molecule has 0 saturated carbocycles. The molecule has 2 rings (SSSR count). The third-order valence-electron chi connectivity index (χ3n) is 3.24. The Morgan fingerprint density at radius 3 is 2.44 bits per heavy atom. The summed E-state index contributed by atoms with van der Waals surface area (Å²) in [5.41, 5.74) is 9.36. The predicted octanol–water partition coefficient (Wildman–Crippen LogP) is 3.24. The van der Waals surface area contributed by atoms with E-state index in [0.29, 0.717) is 11.4 Å². The molecule has 1 heterocycles. The van der Waals surface area contributed by atoms with E-state index >= 15 is 0 Å². The first-order valence-corrected chi connectivity index (χ1v) is 5.99. The van der Waals surface area contributed by atoms with Crippen LogP contribution in [0.3, 0.4) is 0 Å². The van der Waals surface area contributed by atoms with Crippen molar-refractivity contribution in [3.8, 4) is 11.1 Å². The molecule has 0 amide bonds. The lowest BCUT2D eigenvalue weighted by molar-refractivity contribution is 0.597. The summed E-state index contributed by atoms with van der Waals surface area (Å²) in [5, 5.41) is 4.13. The van der Waals surface area contributed by atoms with Crippen LogP contribution in [0, 0.1) is 12.7 Å². The number of halogens is 1. The quantitative estimate of drug-likeness (QED) is 0.885. The number of anilines is 1. The highest BCUT2D eigenvalue weighted by Gasteiger charge is 2.15. The normalized spacial score (nSPS) is 11.2. The van der Waals surface area contributed by atoms with E-state index in [4.69, 9.17) is 5.73 Å². The van der Waals surface area contributed by atoms with Gasteiger partial charge in [-0.25, -0.2) is 4.39 Å². The minimum Gasteiger partial charge on any atom is -0.383 e. The lowest BCUT2D eigenvalue weighted by Gasteiger charge is -2.12. The van der Waals surface area contributed by atoms with Crippen LogP contribution < -0.4 is 5.73 Å². The first kappa shape index (κ1) is 12.6. The van der Waals surface area contributed by atoms with E-state index in [1.54, 1.807) is 24.0 Å². The molecule has 0 unspecified atom stereocenters. The maximum Gasteiger partial charge on any atom is 0.129 e. The summed E-state index contributed by atoms with van der Waals surface area (Å²) in [6.07, 6.45) is 1.72. The molecule has 1 aromatic heterocycles. The van der Waals surface area contributed by atoms with Gasteiger partial charge in [0.1, 0.15) is 11.6 Å². The second-order valence-corrected chi connectivity index (χ2v) is 4.91. The van der Waals surface area contributed by atoms with Gasteiger partial charge in [0, 0.05) is 12.6 Å². The summed E-state index contributed by atoms with van der Waals surface area (Å²) in [6.45, 7) is 5.84. The van der Waals surface area contributed by atoms with Gasteiger partial charge in [0.2, 0.25) is 0 Å². The lowest BCUT2D eigenvalue weighted by atomic mass is 9.94. The van der Waals surface area contributed by atoms with Gasteiger partial charge in [-0.3, -0.25) is 4.68 Å². The average molecular weight is 247 g/mol. The highest BCUT2D eigenvalue weighted by atomic mass is 19.1. The summed E-state index contributed by atoms with van der Waals surface area (Å²) in [7, 11) is 1.79. The summed E-state index contributed by atoms with van der Waals surface area (Å²) >= 11 is 0. The standard InChI is InChI=1S/C14H18FN3/c1-8(2)10-6-11(9(3)5-13(10)15)12-7-17-18(4)14(12)16/h5-8H,16H2,1-4H3. The first-order valence-electron chi connectivity index (χ1n) is 5.99. The Labute approximate surface area is 106 Å². The maximum atomic E-state index is 13.9. The van der Waals surface area contributed by atoms with Crippen LogP contribution in [0.4, 0.5) is 10.2 Å². The van der Waals surface area contributed by atoms with Crippen molar-refractivity contribution in [3.05, 3.63) is 35.3 Å². The number of hydrogen-bond donors (Lipinski definition) is 1. The van der Waals surface area contributed by atoms with E-state index in [9.17, 15) is 4.39 Å². The van der Waals surface area contributed by atoms with Crippen molar-refractivity contribution >= 4 is 5.82 Å². The number of benzene rings is 1. The van der Waals surface area contributed by atoms with Crippen LogP contribution >= 0.6 is 0 Å². The first-order chi connectivity index (χ1) is 8.41. The number of aryl methyl sites for hydroxylation is 2. The number of nitrogens with zero attached hydrogens (tertiary/aromatic N) is 2. The molecule has 0 spiro atoms. The third kappa shape index (κ3) is 1.98. The van der Waals surface area contributed by atoms with Crippen molar-refractivity contribution in [2.75, 3.05) is 5.73 Å². The molecule has 96 valence electrons. The molecular weight excluding hydrogens is 229 g/mol. The van der Waals surface area contributed by atoms with Gasteiger partial charge in [-0.05, 0) is 41.7 Å². The van der Waals surface area contributed by atoms with E-state index in [1.165, 1.54) is 0 Å². The molecule has 2 N–H and O–H groups in total. The van der Waals surface area contributed by atoms with Gasteiger partial charge in [-0.2, -0.15) is 5.10 Å². The second kappa shape index (κ2) is 4.44. The highest BCUT2D eigenvalue weighted by Crippen LogP contribution is 2.32. The minimum absolute atomic E-state index is 0.141. The van der Waals surface area contributed by atoms with Crippen LogP contribution in [-0.2, 0) is 7.05 Å². The fourth-order valence-electron chi connectivity index (χ4n) is 2.08. The molecule has 2 aromatic rings. The van der Waals surface area contributed by atoms with Crippen LogP contribution in [0.1, 0.15) is 30.9 Å². The zero-order chi connectivity index (χ0) is 13.4. The molecule has 0 aliphatic rings. The Kier molecular flexibility index (Phi) is 3.11. The molecule has 0 aliphatic heterocycles. The van der Waals surface area contributed by atoms with Crippen molar-refractivity contribution in [2.45, 2.75) is 26.7 Å². The zero-order valence-corrected chi connectivity index (χ0v) is 11.2. The van der Waals surface area contributed by atoms with E-state index in [2.05, 4.69) is 5.10 Å². The fraction of sp³-hybridized carbons (Fsp3) is 0.357. The number of aromatic nitrogens is 2. The maximum absolute atomic E-state index is 13.9. The van der Waals surface area contributed by atoms with Crippen LogP contribution in [0.15, 0.2) is 18.3 Å². The Bertz CT molecular complexity index is 585. The molecule has 0 fully saturated rings. The van der Waals surface area contributed by atoms with E-state index in [0.717, 1.165) is 16.7 Å². The molecule has 3 nitrogen and oxygen atoms in total. The van der Waals surface area contributed by atoms with Gasteiger partial charge in [-0.15, -0.1) is 0 Å². The zero-order valence-electron chi connectivity index (χ0n) is 11.2. The molecule has 0 aliphatic carbocycles. The molecule has 4 heteroatoms. The molecule has 0 radical (unpaired) electrons. The number of hydrogen-bond acceptors (Lipinski definition) is 2. The Hall–Kier alpha value is -1.84. The van der Waals surface area contributed by atoms with Gasteiger partial charge in [0.15, 0.2) is 0 Å². The molecule has 1 aromatic carbocycles. The lowest BCUT2D eigenvalue weighted by Crippen LogP contribution is -2.00. The minimum atomic E-state index is -0.159. The fourth-order valence-corrected chi connectivity index (χ4v) is 2.08. The largest absolute Gasteiger partial charge is 0.383 e. The Morgan fingerprint density at radius 1 is 1.28 bits per heavy atom. The SMILES string of the molecule is Cc1cc(F)c(C(C)C)cc1-c1cnn(C)c1N. The average Bonchev–Trinajstić information content (AvgIpc) is 2.60. The summed E-state index contributed by atoms with van der Waals surface area (Å²) in [5.74, 6) is 0.579. The molecule has 0 saturated heterocycles. The summed E-state index contributed by atoms with van der Waals surface area (Å²) in [6, 6.07) is 3.44. The highest BCUT2D eigenvalue weighted by molar-refractivity contribution is 5.76. The van der Waals surface area contributed by atoms with E-state index in [1.807, 2.05) is 26.8 Å². The molecule has 0 bridgehead atoms. The monoisotopic (exact) mass is 247 g/mol. The van der Waals surface area contributed by atoms with Crippen LogP contribution in [0.5, 0.6) is 0 Å². The smallest absolute Gasteiger partial charge is 0.129 e. The van der Waals surface area contributed by atoms with E-state index < -0.39 is 0 Å². The van der Waals surface area contributed by atoms with Crippen LogP contribution in [-0.4, -0.2) is 9.78 Å². The van der Waals surface area contributed by atoms with Gasteiger partial charge in [0.05, 0.1) is 6.20 Å². The third-order valence-corrected chi connectivity index (χ3v) is 3.24. The second-order valence-electron chi connectivity index (χ2n) is 4.91. The van der Waals surface area contributed by atoms with Crippen molar-refractivity contribution in [2.24, 2.45) is 7.05 Å². The van der Waals surface area contributed by atoms with Crippen LogP contribution in [0.25, 0.3) is 11.1 Å². The molecular formula is C14H18FN3. The molecule has 0 atom stereocenters. The van der Waals surface area contributed by atoms with Gasteiger partial charge in [0.25, 0.3) is 0 Å². The summed E-state index contributed by atoms with van der Waals surface area (Å²) in [4.78, 5) is 0. The number of nitrogens with two attached hydrogens (primary N) is 1. The van der Waals surface area contributed by atoms with E-state index in [-0.39, 0.29) is 11.7 Å². The van der Waals surface area contributed by atoms with Crippen molar-refractivity contribution in [1.82, 2.24) is 9.78 Å². The van der Waals surface area contributed by atoms with Gasteiger partial charge in [-0.1, -0.05) is 13.8 Å². The number of rotatable bonds is 2. The Morgan fingerprint density at radius 2 is 1.94 bits per heavy atom. The van der Waals surface area contributed by atoms with Crippen molar-refractivity contribution < 1.29 is 4.39 Å². The van der Waals surface area contributed by atoms with Gasteiger partial charge < -0.3 is 5.73 Å². The van der Waals surface area contributed by atoms with Crippen molar-refractivity contribution in [3.63, 3.8) is 0 Å². The van der Waals surface area contributed by atoms with Crippen LogP contribution in [0.2, 0.25) is 0 Å². The predicted molar refractivity (Wildman–Crippen MR) is 71.8 cm³/mol. The van der Waals surface area contributed by atoms with Gasteiger partial charge >= 0.3 is 0 Å². The topological polar surface area (TPSA) is 43.8 Å². The summed E-state index contributed by atoms with van der Waals surface area (Å²) < 4.78 is 15.5. The number of nitrogen functional groups attached to an aromatic ring is 1. The van der Waals surface area contributed by atoms with Crippen molar-refractivity contribution in [1.29, 1.82) is 0 Å². The molecule has 18 heavy (non-hydrogen) atoms. The Balaban J connectivity index is 2.64.